The minimum Gasteiger partial charge on any atom is -0.397 e. The minimum atomic E-state index is -0.469. The average Bonchev–Trinajstić information content (AvgIpc) is 2.65. The maximum absolute atomic E-state index is 13.4. The van der Waals surface area contributed by atoms with Crippen molar-refractivity contribution in [1.82, 2.24) is 0 Å². The van der Waals surface area contributed by atoms with E-state index in [1.807, 2.05) is 6.07 Å². The fourth-order valence-electron chi connectivity index (χ4n) is 2.73. The van der Waals surface area contributed by atoms with Gasteiger partial charge in [-0.25, -0.2) is 4.39 Å². The molecule has 0 spiro atoms. The van der Waals surface area contributed by atoms with Gasteiger partial charge in [0, 0.05) is 19.2 Å². The SMILES string of the molecule is Nc1cc(F)c(Cl)cc1N1CCCc2ccccc2C1. The van der Waals surface area contributed by atoms with Crippen LogP contribution in [-0.4, -0.2) is 6.54 Å². The number of anilines is 2. The first kappa shape index (κ1) is 13.3. The maximum Gasteiger partial charge on any atom is 0.143 e. The molecule has 0 bridgehead atoms. The van der Waals surface area contributed by atoms with Gasteiger partial charge in [-0.3, -0.25) is 0 Å². The molecule has 0 aromatic heterocycles. The summed E-state index contributed by atoms with van der Waals surface area (Å²) in [5, 5.41) is 0.117. The van der Waals surface area contributed by atoms with Crippen molar-refractivity contribution in [3.63, 3.8) is 0 Å². The second-order valence-corrected chi connectivity index (χ2v) is 5.53. The predicted molar refractivity (Wildman–Crippen MR) is 81.6 cm³/mol. The smallest absolute Gasteiger partial charge is 0.143 e. The molecule has 20 heavy (non-hydrogen) atoms. The van der Waals surface area contributed by atoms with Crippen LogP contribution in [0.2, 0.25) is 5.02 Å². The second-order valence-electron chi connectivity index (χ2n) is 5.12. The molecule has 1 aliphatic heterocycles. The summed E-state index contributed by atoms with van der Waals surface area (Å²) >= 11 is 5.89. The number of benzene rings is 2. The normalized spacial score (nSPS) is 14.8. The molecule has 0 amide bonds. The fourth-order valence-corrected chi connectivity index (χ4v) is 2.89. The zero-order valence-electron chi connectivity index (χ0n) is 11.1. The highest BCUT2D eigenvalue weighted by Gasteiger charge is 2.17. The van der Waals surface area contributed by atoms with Crippen LogP contribution >= 0.6 is 11.6 Å². The quantitative estimate of drug-likeness (QED) is 0.804. The lowest BCUT2D eigenvalue weighted by Gasteiger charge is -2.25. The first-order chi connectivity index (χ1) is 9.65. The van der Waals surface area contributed by atoms with E-state index < -0.39 is 5.82 Å². The summed E-state index contributed by atoms with van der Waals surface area (Å²) in [5.74, 6) is -0.469. The number of rotatable bonds is 1. The molecule has 0 fully saturated rings. The zero-order chi connectivity index (χ0) is 14.1. The highest BCUT2D eigenvalue weighted by Crippen LogP contribution is 2.32. The summed E-state index contributed by atoms with van der Waals surface area (Å²) in [7, 11) is 0. The number of nitrogens with two attached hydrogens (primary N) is 1. The van der Waals surface area contributed by atoms with Gasteiger partial charge in [-0.15, -0.1) is 0 Å². The first-order valence-corrected chi connectivity index (χ1v) is 7.09. The van der Waals surface area contributed by atoms with Crippen LogP contribution in [0.3, 0.4) is 0 Å². The lowest BCUT2D eigenvalue weighted by molar-refractivity contribution is 0.628. The molecule has 0 radical (unpaired) electrons. The van der Waals surface area contributed by atoms with E-state index in [-0.39, 0.29) is 5.02 Å². The van der Waals surface area contributed by atoms with Crippen molar-refractivity contribution in [2.24, 2.45) is 0 Å². The second kappa shape index (κ2) is 5.33. The van der Waals surface area contributed by atoms with E-state index in [1.165, 1.54) is 17.2 Å². The van der Waals surface area contributed by atoms with Gasteiger partial charge in [-0.05, 0) is 30.0 Å². The third kappa shape index (κ3) is 2.46. The van der Waals surface area contributed by atoms with E-state index in [9.17, 15) is 4.39 Å². The van der Waals surface area contributed by atoms with E-state index in [0.717, 1.165) is 31.6 Å². The fraction of sp³-hybridized carbons (Fsp3) is 0.250. The van der Waals surface area contributed by atoms with E-state index in [1.54, 1.807) is 6.07 Å². The summed E-state index contributed by atoms with van der Waals surface area (Å²) in [6, 6.07) is 11.3. The molecule has 2 aromatic rings. The number of nitrogen functional groups attached to an aromatic ring is 1. The van der Waals surface area contributed by atoms with Gasteiger partial charge in [-0.1, -0.05) is 35.9 Å². The predicted octanol–water partition coefficient (Wildman–Crippen LogP) is 4.01. The molecule has 0 aliphatic carbocycles. The van der Waals surface area contributed by atoms with E-state index in [2.05, 4.69) is 23.1 Å². The molecule has 4 heteroatoms. The highest BCUT2D eigenvalue weighted by molar-refractivity contribution is 6.31. The molecule has 1 aliphatic rings. The molecule has 2 nitrogen and oxygen atoms in total. The van der Waals surface area contributed by atoms with Crippen molar-refractivity contribution in [1.29, 1.82) is 0 Å². The van der Waals surface area contributed by atoms with Gasteiger partial charge >= 0.3 is 0 Å². The summed E-state index contributed by atoms with van der Waals surface area (Å²) in [5.41, 5.74) is 9.87. The molecule has 2 N–H and O–H groups in total. The van der Waals surface area contributed by atoms with Crippen molar-refractivity contribution in [2.45, 2.75) is 19.4 Å². The average molecular weight is 291 g/mol. The molecule has 1 heterocycles. The molecule has 0 saturated heterocycles. The van der Waals surface area contributed by atoms with Crippen LogP contribution in [0.25, 0.3) is 0 Å². The van der Waals surface area contributed by atoms with Crippen molar-refractivity contribution in [2.75, 3.05) is 17.2 Å². The van der Waals surface area contributed by atoms with Crippen LogP contribution in [0.15, 0.2) is 36.4 Å². The van der Waals surface area contributed by atoms with Crippen LogP contribution < -0.4 is 10.6 Å². The molecular weight excluding hydrogens is 275 g/mol. The third-order valence-corrected chi connectivity index (χ3v) is 4.05. The Hall–Kier alpha value is -1.74. The molecular formula is C16H16ClFN2. The molecule has 0 saturated carbocycles. The molecule has 0 atom stereocenters. The largest absolute Gasteiger partial charge is 0.397 e. The summed E-state index contributed by atoms with van der Waals surface area (Å²) in [4.78, 5) is 2.17. The third-order valence-electron chi connectivity index (χ3n) is 3.76. The number of hydrogen-bond acceptors (Lipinski definition) is 2. The van der Waals surface area contributed by atoms with Crippen LogP contribution in [0.4, 0.5) is 15.8 Å². The Morgan fingerprint density at radius 1 is 1.15 bits per heavy atom. The molecule has 2 aromatic carbocycles. The van der Waals surface area contributed by atoms with E-state index in [4.69, 9.17) is 17.3 Å². The molecule has 0 unspecified atom stereocenters. The van der Waals surface area contributed by atoms with Crippen LogP contribution in [0, 0.1) is 5.82 Å². The number of hydrogen-bond donors (Lipinski definition) is 1. The first-order valence-electron chi connectivity index (χ1n) is 6.71. The van der Waals surface area contributed by atoms with Gasteiger partial charge in [0.2, 0.25) is 0 Å². The highest BCUT2D eigenvalue weighted by atomic mass is 35.5. The minimum absolute atomic E-state index is 0.117. The lowest BCUT2D eigenvalue weighted by atomic mass is 10.0. The summed E-state index contributed by atoms with van der Waals surface area (Å²) in [6.45, 7) is 1.67. The van der Waals surface area contributed by atoms with Crippen molar-refractivity contribution < 1.29 is 4.39 Å². The number of halogens is 2. The lowest BCUT2D eigenvalue weighted by Crippen LogP contribution is -2.23. The Morgan fingerprint density at radius 3 is 2.70 bits per heavy atom. The molecule has 104 valence electrons. The van der Waals surface area contributed by atoms with Crippen molar-refractivity contribution in [3.8, 4) is 0 Å². The Balaban J connectivity index is 1.97. The van der Waals surface area contributed by atoms with Gasteiger partial charge in [-0.2, -0.15) is 0 Å². The Bertz CT molecular complexity index is 642. The Morgan fingerprint density at radius 2 is 1.90 bits per heavy atom. The van der Waals surface area contributed by atoms with Crippen molar-refractivity contribution in [3.05, 3.63) is 58.4 Å². The number of nitrogens with zero attached hydrogens (tertiary/aromatic N) is 1. The maximum atomic E-state index is 13.4. The summed E-state index contributed by atoms with van der Waals surface area (Å²) in [6.07, 6.45) is 2.10. The van der Waals surface area contributed by atoms with Crippen LogP contribution in [0.5, 0.6) is 0 Å². The summed E-state index contributed by atoms with van der Waals surface area (Å²) < 4.78 is 13.4. The van der Waals surface area contributed by atoms with Crippen LogP contribution in [-0.2, 0) is 13.0 Å². The van der Waals surface area contributed by atoms with E-state index in [0.29, 0.717) is 5.69 Å². The molecule has 3 rings (SSSR count). The number of fused-ring (bicyclic) bond motifs is 1. The zero-order valence-corrected chi connectivity index (χ0v) is 11.8. The Labute approximate surface area is 123 Å². The number of aryl methyl sites for hydroxylation is 1. The van der Waals surface area contributed by atoms with E-state index >= 15 is 0 Å². The van der Waals surface area contributed by atoms with Gasteiger partial charge in [0.15, 0.2) is 0 Å². The van der Waals surface area contributed by atoms with Crippen molar-refractivity contribution >= 4 is 23.0 Å². The van der Waals surface area contributed by atoms with Crippen LogP contribution in [0.1, 0.15) is 17.5 Å². The van der Waals surface area contributed by atoms with Gasteiger partial charge in [0.1, 0.15) is 5.82 Å². The topological polar surface area (TPSA) is 29.3 Å². The van der Waals surface area contributed by atoms with Gasteiger partial charge in [0.05, 0.1) is 16.4 Å². The van der Waals surface area contributed by atoms with Gasteiger partial charge in [0.25, 0.3) is 0 Å². The standard InChI is InChI=1S/C16H16ClFN2/c17-13-8-16(15(19)9-14(13)18)20-7-3-6-11-4-1-2-5-12(11)10-20/h1-2,4-5,8-9H,3,6-7,10,19H2. The Kier molecular flexibility index (Phi) is 3.53. The monoisotopic (exact) mass is 290 g/mol. The van der Waals surface area contributed by atoms with Gasteiger partial charge < -0.3 is 10.6 Å².